The number of aliphatic imine (C=N–C) groups is 1. The van der Waals surface area contributed by atoms with Crippen LogP contribution in [0.15, 0.2) is 76.6 Å². The SMILES string of the molecule is CCSc1ccc(CC(=O)Nc2ccc(C(N)=NC(C)=O)c(Oc3cccc(OC(F)(F)F)c3)c2)cc1. The van der Waals surface area contributed by atoms with E-state index in [9.17, 15) is 22.8 Å². The highest BCUT2D eigenvalue weighted by Gasteiger charge is 2.31. The first-order chi connectivity index (χ1) is 17.5. The Morgan fingerprint density at radius 3 is 2.38 bits per heavy atom. The minimum absolute atomic E-state index is 0.00661. The van der Waals surface area contributed by atoms with E-state index in [2.05, 4.69) is 22.0 Å². The second-order valence-electron chi connectivity index (χ2n) is 7.65. The van der Waals surface area contributed by atoms with Crippen LogP contribution in [0.2, 0.25) is 0 Å². The van der Waals surface area contributed by atoms with Gasteiger partial charge in [0, 0.05) is 29.6 Å². The molecule has 2 amide bonds. The van der Waals surface area contributed by atoms with Gasteiger partial charge < -0.3 is 20.5 Å². The lowest BCUT2D eigenvalue weighted by atomic mass is 10.1. The minimum atomic E-state index is -4.87. The van der Waals surface area contributed by atoms with Crippen molar-refractivity contribution in [1.82, 2.24) is 0 Å². The highest BCUT2D eigenvalue weighted by molar-refractivity contribution is 7.99. The Kier molecular flexibility index (Phi) is 9.18. The van der Waals surface area contributed by atoms with Crippen molar-refractivity contribution in [1.29, 1.82) is 0 Å². The van der Waals surface area contributed by atoms with Crippen molar-refractivity contribution in [3.05, 3.63) is 77.9 Å². The van der Waals surface area contributed by atoms with E-state index in [0.717, 1.165) is 28.3 Å². The molecule has 3 aromatic rings. The van der Waals surface area contributed by atoms with Crippen LogP contribution in [0.1, 0.15) is 25.0 Å². The summed E-state index contributed by atoms with van der Waals surface area (Å²) < 4.78 is 47.5. The first kappa shape index (κ1) is 27.6. The third-order valence-electron chi connectivity index (χ3n) is 4.69. The fourth-order valence-corrected chi connectivity index (χ4v) is 3.91. The van der Waals surface area contributed by atoms with E-state index in [0.29, 0.717) is 5.69 Å². The number of hydrogen-bond acceptors (Lipinski definition) is 5. The molecule has 0 aliphatic carbocycles. The van der Waals surface area contributed by atoms with Gasteiger partial charge in [0.2, 0.25) is 11.8 Å². The van der Waals surface area contributed by atoms with Crippen molar-refractivity contribution in [2.45, 2.75) is 31.5 Å². The maximum absolute atomic E-state index is 12.6. The molecule has 3 rings (SSSR count). The van der Waals surface area contributed by atoms with Crippen LogP contribution in [-0.4, -0.2) is 29.8 Å². The Balaban J connectivity index is 1.84. The average Bonchev–Trinajstić information content (AvgIpc) is 2.79. The average molecular weight is 532 g/mol. The maximum Gasteiger partial charge on any atom is 0.573 e. The fourth-order valence-electron chi connectivity index (χ4n) is 3.25. The number of nitrogens with zero attached hydrogens (tertiary/aromatic N) is 1. The van der Waals surface area contributed by atoms with Crippen molar-refractivity contribution >= 4 is 35.1 Å². The monoisotopic (exact) mass is 531 g/mol. The van der Waals surface area contributed by atoms with Crippen molar-refractivity contribution < 1.29 is 32.2 Å². The summed E-state index contributed by atoms with van der Waals surface area (Å²) in [5.41, 5.74) is 7.32. The summed E-state index contributed by atoms with van der Waals surface area (Å²) in [6.45, 7) is 3.27. The van der Waals surface area contributed by atoms with E-state index in [1.54, 1.807) is 17.8 Å². The van der Waals surface area contributed by atoms with Crippen LogP contribution in [0.5, 0.6) is 17.2 Å². The summed E-state index contributed by atoms with van der Waals surface area (Å²) >= 11 is 1.70. The zero-order valence-corrected chi connectivity index (χ0v) is 20.8. The largest absolute Gasteiger partial charge is 0.573 e. The van der Waals surface area contributed by atoms with Crippen LogP contribution in [0.3, 0.4) is 0 Å². The van der Waals surface area contributed by atoms with Crippen molar-refractivity contribution in [3.63, 3.8) is 0 Å². The predicted molar refractivity (Wildman–Crippen MR) is 136 cm³/mol. The Bertz CT molecular complexity index is 1290. The molecule has 0 spiro atoms. The molecule has 0 saturated heterocycles. The van der Waals surface area contributed by atoms with Gasteiger partial charge in [0.05, 0.1) is 12.0 Å². The predicted octanol–water partition coefficient (Wildman–Crippen LogP) is 5.92. The summed E-state index contributed by atoms with van der Waals surface area (Å²) in [7, 11) is 0. The highest BCUT2D eigenvalue weighted by Crippen LogP contribution is 2.32. The molecule has 0 atom stereocenters. The number of anilines is 1. The number of rotatable bonds is 9. The number of ether oxygens (including phenoxy) is 2. The van der Waals surface area contributed by atoms with Gasteiger partial charge >= 0.3 is 6.36 Å². The van der Waals surface area contributed by atoms with E-state index >= 15 is 0 Å². The van der Waals surface area contributed by atoms with Gasteiger partial charge in [0.1, 0.15) is 23.1 Å². The molecule has 0 saturated carbocycles. The number of hydrogen-bond donors (Lipinski definition) is 2. The molecule has 3 aromatic carbocycles. The normalized spacial score (nSPS) is 11.6. The zero-order valence-electron chi connectivity index (χ0n) is 20.0. The Morgan fingerprint density at radius 1 is 1.03 bits per heavy atom. The number of nitrogens with two attached hydrogens (primary N) is 1. The van der Waals surface area contributed by atoms with Gasteiger partial charge in [-0.15, -0.1) is 24.9 Å². The van der Waals surface area contributed by atoms with Crippen LogP contribution < -0.4 is 20.5 Å². The number of thioether (sulfide) groups is 1. The van der Waals surface area contributed by atoms with E-state index in [1.165, 1.54) is 31.2 Å². The minimum Gasteiger partial charge on any atom is -0.456 e. The lowest BCUT2D eigenvalue weighted by Gasteiger charge is -2.15. The summed E-state index contributed by atoms with van der Waals surface area (Å²) in [6.07, 6.45) is -4.75. The number of carbonyl (C=O) groups excluding carboxylic acids is 2. The van der Waals surface area contributed by atoms with E-state index < -0.39 is 18.0 Å². The van der Waals surface area contributed by atoms with E-state index in [4.69, 9.17) is 10.5 Å². The van der Waals surface area contributed by atoms with Gasteiger partial charge in [-0.1, -0.05) is 25.1 Å². The molecule has 0 radical (unpaired) electrons. The molecule has 37 heavy (non-hydrogen) atoms. The third kappa shape index (κ3) is 8.87. The van der Waals surface area contributed by atoms with Gasteiger partial charge in [-0.3, -0.25) is 9.59 Å². The van der Waals surface area contributed by atoms with Crippen LogP contribution in [0.25, 0.3) is 0 Å². The van der Waals surface area contributed by atoms with Crippen LogP contribution >= 0.6 is 11.8 Å². The maximum atomic E-state index is 12.6. The lowest BCUT2D eigenvalue weighted by Crippen LogP contribution is -2.18. The number of amides is 2. The number of alkyl halides is 3. The summed E-state index contributed by atoms with van der Waals surface area (Å²) in [5.74, 6) is -0.470. The highest BCUT2D eigenvalue weighted by atomic mass is 32.2. The second kappa shape index (κ2) is 12.3. The molecule has 7 nitrogen and oxygen atoms in total. The van der Waals surface area contributed by atoms with Gasteiger partial charge in [-0.05, 0) is 47.7 Å². The van der Waals surface area contributed by atoms with Crippen LogP contribution in [0.4, 0.5) is 18.9 Å². The van der Waals surface area contributed by atoms with Crippen LogP contribution in [0, 0.1) is 0 Å². The van der Waals surface area contributed by atoms with E-state index in [1.807, 2.05) is 24.3 Å². The number of benzene rings is 3. The number of amidine groups is 1. The van der Waals surface area contributed by atoms with E-state index in [-0.39, 0.29) is 35.2 Å². The summed E-state index contributed by atoms with van der Waals surface area (Å²) in [6, 6.07) is 17.0. The molecule has 3 N–H and O–H groups in total. The molecule has 0 aliphatic heterocycles. The Labute approximate surface area is 215 Å². The van der Waals surface area contributed by atoms with Gasteiger partial charge in [-0.2, -0.15) is 4.99 Å². The third-order valence-corrected chi connectivity index (χ3v) is 5.58. The topological polar surface area (TPSA) is 103 Å². The number of nitrogens with one attached hydrogen (secondary N) is 1. The Hall–Kier alpha value is -3.99. The molecule has 11 heteroatoms. The molecule has 0 heterocycles. The second-order valence-corrected chi connectivity index (χ2v) is 8.99. The molecule has 0 unspecified atom stereocenters. The van der Waals surface area contributed by atoms with Gasteiger partial charge in [-0.25, -0.2) is 0 Å². The van der Waals surface area contributed by atoms with Gasteiger partial charge in [0.15, 0.2) is 0 Å². The lowest BCUT2D eigenvalue weighted by molar-refractivity contribution is -0.274. The van der Waals surface area contributed by atoms with Gasteiger partial charge in [0.25, 0.3) is 0 Å². The summed E-state index contributed by atoms with van der Waals surface area (Å²) in [4.78, 5) is 28.9. The molecule has 0 bridgehead atoms. The smallest absolute Gasteiger partial charge is 0.456 e. The Morgan fingerprint density at radius 2 is 1.73 bits per heavy atom. The quantitative estimate of drug-likeness (QED) is 0.202. The zero-order chi connectivity index (χ0) is 27.0. The molecular formula is C26H24F3N3O4S. The molecule has 194 valence electrons. The van der Waals surface area contributed by atoms with Crippen LogP contribution in [-0.2, 0) is 16.0 Å². The molecular weight excluding hydrogens is 507 g/mol. The first-order valence-electron chi connectivity index (χ1n) is 11.1. The molecule has 0 aromatic heterocycles. The number of halogens is 3. The molecule has 0 aliphatic rings. The standard InChI is InChI=1S/C26H24F3N3O4S/c1-3-37-21-10-7-17(8-11-21)13-24(34)32-18-9-12-22(25(30)31-16(2)33)23(14-18)35-19-5-4-6-20(15-19)36-26(27,28)29/h4-12,14-15H,3,13H2,1-2H3,(H,32,34)(H2,30,31,33). The van der Waals surface area contributed by atoms with Crippen molar-refractivity contribution in [3.8, 4) is 17.2 Å². The molecule has 0 fully saturated rings. The van der Waals surface area contributed by atoms with Crippen molar-refractivity contribution in [2.75, 3.05) is 11.1 Å². The van der Waals surface area contributed by atoms with Crippen molar-refractivity contribution in [2.24, 2.45) is 10.7 Å². The first-order valence-corrected chi connectivity index (χ1v) is 12.1. The fraction of sp³-hybridized carbons (Fsp3) is 0.192. The number of carbonyl (C=O) groups is 2. The summed E-state index contributed by atoms with van der Waals surface area (Å²) in [5, 5.41) is 2.76.